The molecule has 0 amide bonds. The molecule has 64 valence electrons. The zero-order valence-electron chi connectivity index (χ0n) is 7.42. The van der Waals surface area contributed by atoms with E-state index in [9.17, 15) is 4.79 Å². The molecule has 0 heterocycles. The van der Waals surface area contributed by atoms with Gasteiger partial charge in [0.15, 0.2) is 5.78 Å². The number of unbranched alkanes of at least 4 members (excludes halogenated alkanes) is 1. The molecule has 0 aromatic rings. The van der Waals surface area contributed by atoms with Crippen LogP contribution >= 0.6 is 0 Å². The summed E-state index contributed by atoms with van der Waals surface area (Å²) < 4.78 is 0. The first-order valence-electron chi connectivity index (χ1n) is 4.75. The van der Waals surface area contributed by atoms with Crippen molar-refractivity contribution in [2.24, 2.45) is 11.8 Å². The van der Waals surface area contributed by atoms with Crippen molar-refractivity contribution in [1.29, 1.82) is 0 Å². The smallest absolute Gasteiger partial charge is 0.163 e. The van der Waals surface area contributed by atoms with Crippen LogP contribution in [-0.4, -0.2) is 5.78 Å². The summed E-state index contributed by atoms with van der Waals surface area (Å²) in [5, 5.41) is 0. The van der Waals surface area contributed by atoms with Crippen molar-refractivity contribution in [3.8, 4) is 0 Å². The van der Waals surface area contributed by atoms with Crippen LogP contribution in [-0.2, 0) is 4.79 Å². The van der Waals surface area contributed by atoms with Crippen LogP contribution in [0.5, 0.6) is 0 Å². The predicted octanol–water partition coefficient (Wildman–Crippen LogP) is 2.49. The van der Waals surface area contributed by atoms with Gasteiger partial charge in [0.25, 0.3) is 0 Å². The maximum Gasteiger partial charge on any atom is 0.163 e. The second kappa shape index (κ2) is 2.89. The number of ketones is 1. The van der Waals surface area contributed by atoms with Gasteiger partial charge in [0.2, 0.25) is 0 Å². The highest BCUT2D eigenvalue weighted by molar-refractivity contribution is 5.98. The highest BCUT2D eigenvalue weighted by Crippen LogP contribution is 2.41. The summed E-state index contributed by atoms with van der Waals surface area (Å²) in [7, 11) is 0. The monoisotopic (exact) mass is 162 g/mol. The topological polar surface area (TPSA) is 17.1 Å². The minimum Gasteiger partial charge on any atom is -0.294 e. The molecule has 0 radical (unpaired) electrons. The number of carbonyl (C=O) groups is 1. The van der Waals surface area contributed by atoms with E-state index in [2.05, 4.69) is 13.0 Å². The summed E-state index contributed by atoms with van der Waals surface area (Å²) in [6, 6.07) is 0. The number of carbonyl (C=O) groups excluding carboxylic acids is 1. The molecule has 2 unspecified atom stereocenters. The molecule has 0 saturated carbocycles. The van der Waals surface area contributed by atoms with Gasteiger partial charge in [0.05, 0.1) is 5.92 Å². The number of hydrogen-bond acceptors (Lipinski definition) is 1. The van der Waals surface area contributed by atoms with Crippen LogP contribution in [0.3, 0.4) is 0 Å². The molecule has 2 aliphatic carbocycles. The zero-order chi connectivity index (χ0) is 8.55. The van der Waals surface area contributed by atoms with Gasteiger partial charge in [-0.1, -0.05) is 31.1 Å². The highest BCUT2D eigenvalue weighted by Gasteiger charge is 2.38. The normalized spacial score (nSPS) is 31.4. The summed E-state index contributed by atoms with van der Waals surface area (Å²) in [6.45, 7) is 2.19. The van der Waals surface area contributed by atoms with Crippen LogP contribution in [0.15, 0.2) is 23.8 Å². The molecule has 2 atom stereocenters. The average Bonchev–Trinajstić information content (AvgIpc) is 2.27. The molecular weight excluding hydrogens is 148 g/mol. The van der Waals surface area contributed by atoms with E-state index in [-0.39, 0.29) is 5.92 Å². The van der Waals surface area contributed by atoms with Crippen LogP contribution in [0, 0.1) is 11.8 Å². The van der Waals surface area contributed by atoms with Crippen molar-refractivity contribution in [3.05, 3.63) is 23.8 Å². The second-order valence-corrected chi connectivity index (χ2v) is 3.66. The van der Waals surface area contributed by atoms with Crippen LogP contribution in [0.25, 0.3) is 0 Å². The first kappa shape index (κ1) is 7.78. The van der Waals surface area contributed by atoms with Crippen LogP contribution < -0.4 is 0 Å². The van der Waals surface area contributed by atoms with Crippen molar-refractivity contribution < 1.29 is 4.79 Å². The van der Waals surface area contributed by atoms with Crippen molar-refractivity contribution in [1.82, 2.24) is 0 Å². The molecule has 0 saturated heterocycles. The summed E-state index contributed by atoms with van der Waals surface area (Å²) in [5.41, 5.74) is 1.39. The van der Waals surface area contributed by atoms with Gasteiger partial charge in [-0.2, -0.15) is 0 Å². The van der Waals surface area contributed by atoms with Gasteiger partial charge in [-0.15, -0.1) is 0 Å². The van der Waals surface area contributed by atoms with Crippen molar-refractivity contribution in [3.63, 3.8) is 0 Å². The highest BCUT2D eigenvalue weighted by atomic mass is 16.1. The lowest BCUT2D eigenvalue weighted by molar-refractivity contribution is -0.117. The van der Waals surface area contributed by atoms with Crippen LogP contribution in [0.2, 0.25) is 0 Å². The molecule has 1 heteroatoms. The molecule has 0 aromatic carbocycles. The Bertz CT molecular complexity index is 260. The Kier molecular flexibility index (Phi) is 1.87. The minimum atomic E-state index is 0.261. The van der Waals surface area contributed by atoms with E-state index in [0.29, 0.717) is 11.7 Å². The quantitative estimate of drug-likeness (QED) is 0.583. The Labute approximate surface area is 73.2 Å². The maximum atomic E-state index is 11.3. The van der Waals surface area contributed by atoms with Gasteiger partial charge in [0.1, 0.15) is 0 Å². The van der Waals surface area contributed by atoms with E-state index >= 15 is 0 Å². The molecule has 12 heavy (non-hydrogen) atoms. The van der Waals surface area contributed by atoms with Gasteiger partial charge in [-0.3, -0.25) is 4.79 Å². The molecule has 1 nitrogen and oxygen atoms in total. The van der Waals surface area contributed by atoms with Crippen LogP contribution in [0.4, 0.5) is 0 Å². The molecular formula is C11H14O. The average molecular weight is 162 g/mol. The Balaban J connectivity index is 1.96. The molecule has 0 spiro atoms. The van der Waals surface area contributed by atoms with E-state index in [1.807, 2.05) is 6.08 Å². The number of hydrogen-bond donors (Lipinski definition) is 0. The van der Waals surface area contributed by atoms with E-state index in [1.165, 1.54) is 18.4 Å². The van der Waals surface area contributed by atoms with Crippen molar-refractivity contribution in [2.75, 3.05) is 0 Å². The Morgan fingerprint density at radius 1 is 1.50 bits per heavy atom. The number of rotatable bonds is 3. The second-order valence-electron chi connectivity index (χ2n) is 3.66. The third-order valence-corrected chi connectivity index (χ3v) is 2.80. The molecule has 2 rings (SSSR count). The van der Waals surface area contributed by atoms with E-state index < -0.39 is 0 Å². The van der Waals surface area contributed by atoms with Gasteiger partial charge < -0.3 is 0 Å². The zero-order valence-corrected chi connectivity index (χ0v) is 7.42. The first-order valence-corrected chi connectivity index (χ1v) is 4.75. The summed E-state index contributed by atoms with van der Waals surface area (Å²) in [6.07, 6.45) is 9.60. The molecule has 0 aliphatic heterocycles. The Morgan fingerprint density at radius 3 is 3.00 bits per heavy atom. The lowest BCUT2D eigenvalue weighted by atomic mass is 9.74. The third kappa shape index (κ3) is 1.04. The number of allylic oxidation sites excluding steroid dienone is 4. The van der Waals surface area contributed by atoms with Crippen molar-refractivity contribution >= 4 is 5.78 Å². The SMILES string of the molecule is CCCCC1=CC2C=CC(=O)C12. The fourth-order valence-corrected chi connectivity index (χ4v) is 2.04. The summed E-state index contributed by atoms with van der Waals surface area (Å²) in [5.74, 6) is 1.05. The third-order valence-electron chi connectivity index (χ3n) is 2.80. The first-order chi connectivity index (χ1) is 5.83. The molecule has 0 bridgehead atoms. The maximum absolute atomic E-state index is 11.3. The molecule has 0 aromatic heterocycles. The van der Waals surface area contributed by atoms with Crippen LogP contribution in [0.1, 0.15) is 26.2 Å². The van der Waals surface area contributed by atoms with Gasteiger partial charge in [0, 0.05) is 5.92 Å². The van der Waals surface area contributed by atoms with Crippen molar-refractivity contribution in [2.45, 2.75) is 26.2 Å². The van der Waals surface area contributed by atoms with E-state index in [4.69, 9.17) is 0 Å². The number of fused-ring (bicyclic) bond motifs is 1. The fraction of sp³-hybridized carbons (Fsp3) is 0.545. The largest absolute Gasteiger partial charge is 0.294 e. The van der Waals surface area contributed by atoms with Gasteiger partial charge in [-0.25, -0.2) is 0 Å². The minimum absolute atomic E-state index is 0.261. The summed E-state index contributed by atoms with van der Waals surface area (Å²) >= 11 is 0. The Hall–Kier alpha value is -0.850. The summed E-state index contributed by atoms with van der Waals surface area (Å²) in [4.78, 5) is 11.3. The van der Waals surface area contributed by atoms with Gasteiger partial charge in [-0.05, 0) is 18.9 Å². The molecule has 2 aliphatic rings. The lowest BCUT2D eigenvalue weighted by Gasteiger charge is -2.28. The van der Waals surface area contributed by atoms with E-state index in [0.717, 1.165) is 6.42 Å². The van der Waals surface area contributed by atoms with Gasteiger partial charge >= 0.3 is 0 Å². The molecule has 0 fully saturated rings. The Morgan fingerprint density at radius 2 is 2.33 bits per heavy atom. The predicted molar refractivity (Wildman–Crippen MR) is 48.7 cm³/mol. The standard InChI is InChI=1S/C11H14O/c1-2-3-4-8-7-9-5-6-10(12)11(8)9/h5-7,9,11H,2-4H2,1H3. The fourth-order valence-electron chi connectivity index (χ4n) is 2.04. The van der Waals surface area contributed by atoms with E-state index in [1.54, 1.807) is 6.08 Å². The molecule has 0 N–H and O–H groups in total. The lowest BCUT2D eigenvalue weighted by Crippen LogP contribution is -2.25.